The second-order valence-electron chi connectivity index (χ2n) is 11.0. The molecule has 1 aliphatic rings. The van der Waals surface area contributed by atoms with Gasteiger partial charge in [-0.15, -0.1) is 6.42 Å². The van der Waals surface area contributed by atoms with E-state index in [1.54, 1.807) is 6.07 Å². The molecule has 0 spiro atoms. The van der Waals surface area contributed by atoms with Gasteiger partial charge >= 0.3 is 0 Å². The number of aryl methyl sites for hydroxylation is 1. The van der Waals surface area contributed by atoms with Crippen molar-refractivity contribution in [2.45, 2.75) is 63.3 Å². The predicted molar refractivity (Wildman–Crippen MR) is 157 cm³/mol. The number of benzene rings is 3. The van der Waals surface area contributed by atoms with E-state index in [1.807, 2.05) is 48.7 Å². The minimum atomic E-state index is -1.03. The molecule has 0 radical (unpaired) electrons. The topological polar surface area (TPSA) is 66.3 Å². The summed E-state index contributed by atoms with van der Waals surface area (Å²) in [4.78, 5) is 13.5. The summed E-state index contributed by atoms with van der Waals surface area (Å²) in [5.74, 6) is 0.883. The molecule has 1 saturated carbocycles. The Morgan fingerprint density at radius 2 is 1.88 bits per heavy atom. The molecule has 0 aliphatic heterocycles. The van der Waals surface area contributed by atoms with E-state index in [0.29, 0.717) is 11.1 Å². The molecule has 0 bridgehead atoms. The van der Waals surface area contributed by atoms with Crippen molar-refractivity contribution >= 4 is 16.8 Å². The number of hydrogen-bond donors (Lipinski definition) is 3. The number of aliphatic hydroxyl groups excluding tert-OH is 1. The summed E-state index contributed by atoms with van der Waals surface area (Å²) < 4.78 is 30.1. The van der Waals surface area contributed by atoms with E-state index in [9.17, 15) is 18.7 Å². The highest BCUT2D eigenvalue weighted by molar-refractivity contribution is 5.98. The highest BCUT2D eigenvalue weighted by Crippen LogP contribution is 2.45. The molecule has 0 saturated heterocycles. The van der Waals surface area contributed by atoms with Gasteiger partial charge in [0, 0.05) is 47.5 Å². The van der Waals surface area contributed by atoms with Gasteiger partial charge < -0.3 is 20.3 Å². The Morgan fingerprint density at radius 3 is 2.59 bits per heavy atom. The van der Waals surface area contributed by atoms with Crippen LogP contribution in [0.1, 0.15) is 59.7 Å². The number of carbonyl (C=O) groups excluding carboxylic acids is 1. The van der Waals surface area contributed by atoms with Crippen LogP contribution in [-0.2, 0) is 18.5 Å². The minimum absolute atomic E-state index is 0.0535. The maximum Gasteiger partial charge on any atom is 0.251 e. The van der Waals surface area contributed by atoms with Crippen LogP contribution in [0.3, 0.4) is 0 Å². The van der Waals surface area contributed by atoms with Gasteiger partial charge in [-0.25, -0.2) is 8.78 Å². The van der Waals surface area contributed by atoms with Gasteiger partial charge in [-0.2, -0.15) is 0 Å². The fourth-order valence-electron chi connectivity index (χ4n) is 5.41. The van der Waals surface area contributed by atoms with Crippen molar-refractivity contribution in [2.75, 3.05) is 6.54 Å². The molecule has 1 heterocycles. The summed E-state index contributed by atoms with van der Waals surface area (Å²) in [5.41, 5.74) is 3.29. The van der Waals surface area contributed by atoms with E-state index >= 15 is 0 Å². The van der Waals surface area contributed by atoms with E-state index in [-0.39, 0.29) is 24.4 Å². The number of aromatic nitrogens is 1. The first-order chi connectivity index (χ1) is 19.8. The monoisotopic (exact) mass is 555 g/mol. The van der Waals surface area contributed by atoms with Gasteiger partial charge in [0.25, 0.3) is 5.91 Å². The first-order valence-corrected chi connectivity index (χ1v) is 14.2. The van der Waals surface area contributed by atoms with Gasteiger partial charge in [0.2, 0.25) is 0 Å². The SMILES string of the molecule is C#Cc1cccc(C2(NCC(O)C(Cc3cc(F)cc(F)c3)NC(=O)c3ccc4ccn(CCCC)c4c3)CC2)c1. The summed E-state index contributed by atoms with van der Waals surface area (Å²) in [7, 11) is 0. The Labute approximate surface area is 239 Å². The Bertz CT molecular complexity index is 1560. The van der Waals surface area contributed by atoms with Gasteiger partial charge in [-0.3, -0.25) is 4.79 Å². The average molecular weight is 556 g/mol. The number of rotatable bonds is 12. The highest BCUT2D eigenvalue weighted by atomic mass is 19.1. The maximum absolute atomic E-state index is 14.0. The largest absolute Gasteiger partial charge is 0.390 e. The summed E-state index contributed by atoms with van der Waals surface area (Å²) in [6.45, 7) is 3.16. The molecular weight excluding hydrogens is 520 g/mol. The van der Waals surface area contributed by atoms with E-state index in [2.05, 4.69) is 28.0 Å². The molecule has 2 atom stereocenters. The quantitative estimate of drug-likeness (QED) is 0.197. The van der Waals surface area contributed by atoms with E-state index in [1.165, 1.54) is 12.1 Å². The third kappa shape index (κ3) is 6.67. The molecule has 1 aliphatic carbocycles. The zero-order valence-corrected chi connectivity index (χ0v) is 23.2. The number of nitrogens with one attached hydrogen (secondary N) is 2. The van der Waals surface area contributed by atoms with E-state index in [0.717, 1.165) is 60.3 Å². The first kappa shape index (κ1) is 28.5. The van der Waals surface area contributed by atoms with Crippen molar-refractivity contribution in [1.29, 1.82) is 0 Å². The zero-order chi connectivity index (χ0) is 29.0. The first-order valence-electron chi connectivity index (χ1n) is 14.2. The number of aliphatic hydroxyl groups is 1. The second kappa shape index (κ2) is 12.3. The van der Waals surface area contributed by atoms with Gasteiger partial charge in [0.15, 0.2) is 0 Å². The van der Waals surface area contributed by atoms with Gasteiger partial charge in [-0.05, 0) is 84.7 Å². The molecule has 3 aromatic carbocycles. The summed E-state index contributed by atoms with van der Waals surface area (Å²) >= 11 is 0. The zero-order valence-electron chi connectivity index (χ0n) is 23.2. The molecule has 7 heteroatoms. The lowest BCUT2D eigenvalue weighted by atomic mass is 9.98. The standard InChI is InChI=1S/C34H35F2N3O2/c1-3-5-14-39-15-11-25-9-10-26(20-31(25)39)33(41)38-30(19-24-17-28(35)21-29(36)18-24)32(40)22-37-34(12-13-34)27-8-6-7-23(4-2)16-27/h2,6-11,15-18,20-21,30,32,37,40H,3,5,12-14,19,22H2,1H3,(H,38,41). The van der Waals surface area contributed by atoms with Crippen molar-refractivity contribution in [1.82, 2.24) is 15.2 Å². The van der Waals surface area contributed by atoms with Crippen molar-refractivity contribution in [3.05, 3.63) is 107 Å². The fourth-order valence-corrected chi connectivity index (χ4v) is 5.41. The van der Waals surface area contributed by atoms with Gasteiger partial charge in [0.05, 0.1) is 12.1 Å². The van der Waals surface area contributed by atoms with Crippen molar-refractivity contribution in [3.8, 4) is 12.3 Å². The lowest BCUT2D eigenvalue weighted by molar-refractivity contribution is 0.0822. The highest BCUT2D eigenvalue weighted by Gasteiger charge is 2.44. The smallest absolute Gasteiger partial charge is 0.251 e. The van der Waals surface area contributed by atoms with E-state index in [4.69, 9.17) is 6.42 Å². The number of hydrogen-bond acceptors (Lipinski definition) is 3. The van der Waals surface area contributed by atoms with Crippen molar-refractivity contribution < 1.29 is 18.7 Å². The Hall–Kier alpha value is -3.99. The van der Waals surface area contributed by atoms with Crippen LogP contribution in [0.4, 0.5) is 8.78 Å². The molecule has 212 valence electrons. The molecular formula is C34H35F2N3O2. The third-order valence-corrected chi connectivity index (χ3v) is 7.93. The maximum atomic E-state index is 14.0. The van der Waals surface area contributed by atoms with Crippen LogP contribution in [0, 0.1) is 24.0 Å². The van der Waals surface area contributed by atoms with Crippen LogP contribution in [-0.4, -0.2) is 34.3 Å². The van der Waals surface area contributed by atoms with Crippen LogP contribution in [0.5, 0.6) is 0 Å². The van der Waals surface area contributed by atoms with Crippen LogP contribution in [0.15, 0.2) is 72.9 Å². The molecule has 5 nitrogen and oxygen atoms in total. The van der Waals surface area contributed by atoms with Crippen LogP contribution < -0.4 is 10.6 Å². The molecule has 1 aromatic heterocycles. The van der Waals surface area contributed by atoms with Gasteiger partial charge in [0.1, 0.15) is 11.6 Å². The fraction of sp³-hybridized carbons (Fsp3) is 0.324. The lowest BCUT2D eigenvalue weighted by Crippen LogP contribution is -2.50. The van der Waals surface area contributed by atoms with Crippen molar-refractivity contribution in [2.24, 2.45) is 0 Å². The summed E-state index contributed by atoms with van der Waals surface area (Å²) in [6, 6.07) is 17.7. The molecule has 1 amide bonds. The predicted octanol–water partition coefficient (Wildman–Crippen LogP) is 5.68. The second-order valence-corrected chi connectivity index (χ2v) is 11.0. The molecule has 41 heavy (non-hydrogen) atoms. The third-order valence-electron chi connectivity index (χ3n) is 7.93. The minimum Gasteiger partial charge on any atom is -0.390 e. The Kier molecular flexibility index (Phi) is 8.53. The molecule has 2 unspecified atom stereocenters. The number of fused-ring (bicyclic) bond motifs is 1. The number of nitrogens with zero attached hydrogens (tertiary/aromatic N) is 1. The van der Waals surface area contributed by atoms with Crippen LogP contribution >= 0.6 is 0 Å². The number of halogens is 2. The Morgan fingerprint density at radius 1 is 1.10 bits per heavy atom. The van der Waals surface area contributed by atoms with Gasteiger partial charge in [-0.1, -0.05) is 37.5 Å². The molecule has 5 rings (SSSR count). The average Bonchev–Trinajstić information content (AvgIpc) is 3.66. The Balaban J connectivity index is 1.35. The number of terminal acetylenes is 1. The summed E-state index contributed by atoms with van der Waals surface area (Å²) in [6.07, 6.45) is 10.5. The normalized spacial score (nSPS) is 15.3. The lowest BCUT2D eigenvalue weighted by Gasteiger charge is -2.27. The van der Waals surface area contributed by atoms with Crippen molar-refractivity contribution in [3.63, 3.8) is 0 Å². The number of carbonyl (C=O) groups is 1. The molecule has 3 N–H and O–H groups in total. The number of unbranched alkanes of at least 4 members (excludes halogenated alkanes) is 1. The van der Waals surface area contributed by atoms with Crippen LogP contribution in [0.2, 0.25) is 0 Å². The summed E-state index contributed by atoms with van der Waals surface area (Å²) in [5, 5.41) is 18.8. The van der Waals surface area contributed by atoms with E-state index < -0.39 is 23.8 Å². The molecule has 1 fully saturated rings. The van der Waals surface area contributed by atoms with Crippen LogP contribution in [0.25, 0.3) is 10.9 Å². The molecule has 4 aromatic rings. The number of amides is 1.